The first-order valence-electron chi connectivity index (χ1n) is 6.48. The summed E-state index contributed by atoms with van der Waals surface area (Å²) in [6.45, 7) is 2.31. The molecule has 5 heteroatoms. The zero-order valence-electron chi connectivity index (χ0n) is 11.5. The van der Waals surface area contributed by atoms with E-state index in [4.69, 9.17) is 4.74 Å². The Morgan fingerprint density at radius 1 is 1.24 bits per heavy atom. The Labute approximate surface area is 136 Å². The second-order valence-corrected chi connectivity index (χ2v) is 6.41. The molecule has 0 aliphatic carbocycles. The fourth-order valence-electron chi connectivity index (χ4n) is 1.89. The monoisotopic (exact) mass is 366 g/mol. The molecule has 2 aromatic rings. The third kappa shape index (κ3) is 4.02. The lowest BCUT2D eigenvalue weighted by molar-refractivity contribution is 0.0687. The van der Waals surface area contributed by atoms with Crippen LogP contribution < -0.4 is 4.74 Å². The van der Waals surface area contributed by atoms with Gasteiger partial charge in [-0.2, -0.15) is 0 Å². The van der Waals surface area contributed by atoms with E-state index in [0.717, 1.165) is 20.7 Å². The van der Waals surface area contributed by atoms with Gasteiger partial charge < -0.3 is 9.84 Å². The number of halogens is 1. The van der Waals surface area contributed by atoms with Crippen LogP contribution in [0.5, 0.6) is 5.75 Å². The number of ether oxygens (including phenoxy) is 1. The molecule has 0 heterocycles. The maximum Gasteiger partial charge on any atom is 0.340 e. The topological polar surface area (TPSA) is 46.5 Å². The van der Waals surface area contributed by atoms with Gasteiger partial charge in [0.05, 0.1) is 0 Å². The van der Waals surface area contributed by atoms with Crippen molar-refractivity contribution in [1.82, 2.24) is 0 Å². The summed E-state index contributed by atoms with van der Waals surface area (Å²) in [5.74, 6) is 0.249. The first-order chi connectivity index (χ1) is 10.1. The highest BCUT2D eigenvalue weighted by molar-refractivity contribution is 9.10. The van der Waals surface area contributed by atoms with E-state index in [1.54, 1.807) is 6.07 Å². The van der Waals surface area contributed by atoms with Gasteiger partial charge in [0.25, 0.3) is 0 Å². The smallest absolute Gasteiger partial charge is 0.340 e. The second-order valence-electron chi connectivity index (χ2n) is 4.25. The second kappa shape index (κ2) is 7.52. The molecule has 0 bridgehead atoms. The maximum absolute atomic E-state index is 11.5. The van der Waals surface area contributed by atoms with Crippen molar-refractivity contribution in [1.29, 1.82) is 0 Å². The van der Waals surface area contributed by atoms with Crippen molar-refractivity contribution in [2.75, 3.05) is 5.75 Å². The van der Waals surface area contributed by atoms with Crippen LogP contribution in [-0.4, -0.2) is 16.8 Å². The third-order valence-electron chi connectivity index (χ3n) is 2.84. The van der Waals surface area contributed by atoms with Gasteiger partial charge in [0.2, 0.25) is 0 Å². The van der Waals surface area contributed by atoms with Crippen LogP contribution in [0.25, 0.3) is 0 Å². The van der Waals surface area contributed by atoms with Crippen molar-refractivity contribution in [3.8, 4) is 5.75 Å². The predicted molar refractivity (Wildman–Crippen MR) is 88.3 cm³/mol. The molecule has 0 aliphatic rings. The Morgan fingerprint density at radius 3 is 2.67 bits per heavy atom. The maximum atomic E-state index is 11.5. The number of aromatic carboxylic acids is 1. The Balaban J connectivity index is 2.25. The Hall–Kier alpha value is -1.46. The highest BCUT2D eigenvalue weighted by Gasteiger charge is 2.17. The number of rotatable bonds is 6. The van der Waals surface area contributed by atoms with Gasteiger partial charge in [-0.15, -0.1) is 11.8 Å². The van der Waals surface area contributed by atoms with Gasteiger partial charge in [-0.3, -0.25) is 0 Å². The average molecular weight is 367 g/mol. The van der Waals surface area contributed by atoms with Crippen LogP contribution in [0.15, 0.2) is 51.8 Å². The summed E-state index contributed by atoms with van der Waals surface area (Å²) in [7, 11) is 0. The fraction of sp³-hybridized carbons (Fsp3) is 0.188. The summed E-state index contributed by atoms with van der Waals surface area (Å²) in [6, 6.07) is 13.0. The minimum Gasteiger partial charge on any atom is -0.488 e. The number of hydrogen-bond donors (Lipinski definition) is 1. The summed E-state index contributed by atoms with van der Waals surface area (Å²) in [6.07, 6.45) is 0. The molecule has 0 radical (unpaired) electrons. The Morgan fingerprint density at radius 2 is 2.00 bits per heavy atom. The minimum atomic E-state index is -0.964. The molecule has 0 aliphatic heterocycles. The lowest BCUT2D eigenvalue weighted by Crippen LogP contribution is -2.05. The van der Waals surface area contributed by atoms with Gasteiger partial charge in [0.1, 0.15) is 17.9 Å². The van der Waals surface area contributed by atoms with Gasteiger partial charge in [-0.1, -0.05) is 47.1 Å². The molecule has 0 aromatic heterocycles. The van der Waals surface area contributed by atoms with Gasteiger partial charge >= 0.3 is 5.97 Å². The first kappa shape index (κ1) is 15.9. The molecule has 0 saturated heterocycles. The average Bonchev–Trinajstić information content (AvgIpc) is 2.46. The molecular weight excluding hydrogens is 352 g/mol. The lowest BCUT2D eigenvalue weighted by atomic mass is 10.2. The van der Waals surface area contributed by atoms with Crippen LogP contribution in [0.4, 0.5) is 0 Å². The first-order valence-corrected chi connectivity index (χ1v) is 8.26. The van der Waals surface area contributed by atoms with E-state index in [2.05, 4.69) is 15.9 Å². The standard InChI is InChI=1S/C16H15BrO3S/c1-2-21-14-9-5-8-13(15(14)16(18)19)20-10-11-6-3-4-7-12(11)17/h3-9H,2,10H2,1H3,(H,18,19). The number of carbonyl (C=O) groups is 1. The summed E-state index contributed by atoms with van der Waals surface area (Å²) in [4.78, 5) is 12.2. The van der Waals surface area contributed by atoms with Crippen molar-refractivity contribution in [3.63, 3.8) is 0 Å². The highest BCUT2D eigenvalue weighted by atomic mass is 79.9. The van der Waals surface area contributed by atoms with Crippen LogP contribution >= 0.6 is 27.7 Å². The number of hydrogen-bond acceptors (Lipinski definition) is 3. The largest absolute Gasteiger partial charge is 0.488 e. The van der Waals surface area contributed by atoms with Crippen LogP contribution in [0.1, 0.15) is 22.8 Å². The van der Waals surface area contributed by atoms with Gasteiger partial charge in [-0.25, -0.2) is 4.79 Å². The van der Waals surface area contributed by atoms with E-state index in [0.29, 0.717) is 12.4 Å². The van der Waals surface area contributed by atoms with E-state index in [1.807, 2.05) is 43.3 Å². The zero-order valence-corrected chi connectivity index (χ0v) is 13.9. The molecule has 0 atom stereocenters. The third-order valence-corrected chi connectivity index (χ3v) is 4.56. The van der Waals surface area contributed by atoms with E-state index < -0.39 is 5.97 Å². The van der Waals surface area contributed by atoms with E-state index in [1.165, 1.54) is 11.8 Å². The van der Waals surface area contributed by atoms with Gasteiger partial charge in [0, 0.05) is 14.9 Å². The molecule has 0 spiro atoms. The summed E-state index contributed by atoms with van der Waals surface area (Å²) in [5.41, 5.74) is 1.21. The van der Waals surface area contributed by atoms with Crippen LogP contribution in [-0.2, 0) is 6.61 Å². The number of carboxylic acid groups (broad SMARTS) is 1. The molecule has 1 N–H and O–H groups in total. The van der Waals surface area contributed by atoms with Crippen molar-refractivity contribution >= 4 is 33.7 Å². The molecule has 0 unspecified atom stereocenters. The Kier molecular flexibility index (Phi) is 5.70. The molecule has 21 heavy (non-hydrogen) atoms. The quantitative estimate of drug-likeness (QED) is 0.743. The molecule has 0 saturated carbocycles. The summed E-state index contributed by atoms with van der Waals surface area (Å²) in [5, 5.41) is 9.42. The molecule has 110 valence electrons. The number of benzene rings is 2. The lowest BCUT2D eigenvalue weighted by Gasteiger charge is -2.13. The van der Waals surface area contributed by atoms with Crippen molar-refractivity contribution in [3.05, 3.63) is 58.1 Å². The number of thioether (sulfide) groups is 1. The van der Waals surface area contributed by atoms with Gasteiger partial charge in [0.15, 0.2) is 0 Å². The van der Waals surface area contributed by atoms with E-state index in [9.17, 15) is 9.90 Å². The highest BCUT2D eigenvalue weighted by Crippen LogP contribution is 2.31. The number of carboxylic acids is 1. The van der Waals surface area contributed by atoms with Crippen LogP contribution in [0, 0.1) is 0 Å². The molecule has 2 aromatic carbocycles. The summed E-state index contributed by atoms with van der Waals surface area (Å²) >= 11 is 4.96. The molecule has 3 nitrogen and oxygen atoms in total. The van der Waals surface area contributed by atoms with Crippen molar-refractivity contribution in [2.45, 2.75) is 18.4 Å². The van der Waals surface area contributed by atoms with E-state index in [-0.39, 0.29) is 5.56 Å². The summed E-state index contributed by atoms with van der Waals surface area (Å²) < 4.78 is 6.67. The predicted octanol–water partition coefficient (Wildman–Crippen LogP) is 4.84. The molecule has 2 rings (SSSR count). The Bertz CT molecular complexity index is 643. The fourth-order valence-corrected chi connectivity index (χ4v) is 3.11. The zero-order chi connectivity index (χ0) is 15.2. The van der Waals surface area contributed by atoms with Crippen molar-refractivity contribution in [2.24, 2.45) is 0 Å². The van der Waals surface area contributed by atoms with Crippen LogP contribution in [0.2, 0.25) is 0 Å². The molecule has 0 amide bonds. The van der Waals surface area contributed by atoms with Gasteiger partial charge in [-0.05, 0) is 24.0 Å². The van der Waals surface area contributed by atoms with Crippen LogP contribution in [0.3, 0.4) is 0 Å². The minimum absolute atomic E-state index is 0.233. The normalized spacial score (nSPS) is 10.4. The molecule has 0 fully saturated rings. The van der Waals surface area contributed by atoms with E-state index >= 15 is 0 Å². The van der Waals surface area contributed by atoms with Crippen molar-refractivity contribution < 1.29 is 14.6 Å². The SMILES string of the molecule is CCSc1cccc(OCc2ccccc2Br)c1C(=O)O. The molecular formula is C16H15BrO3S.